The number of methoxy groups -OCH3 is 1. The Bertz CT molecular complexity index is 1270. The number of carbonyl (C=O) groups is 1. The number of nitrogens with zero attached hydrogens (tertiary/aromatic N) is 4. The summed E-state index contributed by atoms with van der Waals surface area (Å²) in [7, 11) is 1.66. The molecule has 0 spiro atoms. The molecule has 11 heteroatoms. The number of likely N-dealkylation sites (tertiary alicyclic amines) is 1. The molecule has 10 nitrogen and oxygen atoms in total. The molecule has 204 valence electrons. The molecule has 0 aliphatic carbocycles. The Hall–Kier alpha value is -3.15. The maximum atomic E-state index is 12.5. The summed E-state index contributed by atoms with van der Waals surface area (Å²) in [5, 5.41) is 7.74. The number of anilines is 3. The van der Waals surface area contributed by atoms with E-state index in [1.54, 1.807) is 23.3 Å². The lowest BCUT2D eigenvalue weighted by Crippen LogP contribution is -2.36. The van der Waals surface area contributed by atoms with E-state index >= 15 is 0 Å². The topological polar surface area (TPSA) is 101 Å². The van der Waals surface area contributed by atoms with E-state index in [2.05, 4.69) is 27.7 Å². The van der Waals surface area contributed by atoms with Crippen molar-refractivity contribution in [2.24, 2.45) is 0 Å². The third-order valence-corrected chi connectivity index (χ3v) is 7.35. The maximum Gasteiger partial charge on any atom is 0.410 e. The van der Waals surface area contributed by atoms with E-state index in [1.807, 2.05) is 39.0 Å². The second-order valence-corrected chi connectivity index (χ2v) is 11.7. The zero-order valence-corrected chi connectivity index (χ0v) is 23.3. The summed E-state index contributed by atoms with van der Waals surface area (Å²) < 4.78 is 17.5. The van der Waals surface area contributed by atoms with Crippen LogP contribution in [-0.2, 0) is 16.0 Å². The first kappa shape index (κ1) is 26.5. The van der Waals surface area contributed by atoms with Crippen molar-refractivity contribution in [1.29, 1.82) is 0 Å². The predicted octanol–water partition coefficient (Wildman–Crippen LogP) is 4.70. The molecule has 1 atom stereocenters. The minimum absolute atomic E-state index is 0.0939. The maximum absolute atomic E-state index is 12.5. The highest BCUT2D eigenvalue weighted by atomic mass is 32.1. The average molecular weight is 541 g/mol. The fraction of sp³-hybridized carbons (Fsp3) is 0.519. The number of ether oxygens (including phenoxy) is 3. The van der Waals surface area contributed by atoms with Gasteiger partial charge in [0.25, 0.3) is 0 Å². The molecule has 1 aromatic carbocycles. The number of fused-ring (bicyclic) bond motifs is 1. The Morgan fingerprint density at radius 3 is 2.68 bits per heavy atom. The fourth-order valence-electron chi connectivity index (χ4n) is 4.61. The van der Waals surface area contributed by atoms with Crippen LogP contribution in [-0.4, -0.2) is 84.0 Å². The van der Waals surface area contributed by atoms with Gasteiger partial charge in [0.1, 0.15) is 23.0 Å². The molecule has 0 bridgehead atoms. The van der Waals surface area contributed by atoms with Crippen LogP contribution in [0, 0.1) is 0 Å². The van der Waals surface area contributed by atoms with Crippen molar-refractivity contribution >= 4 is 44.4 Å². The van der Waals surface area contributed by atoms with E-state index in [1.165, 1.54) is 0 Å². The summed E-state index contributed by atoms with van der Waals surface area (Å²) in [6, 6.07) is 10.1. The number of aromatic nitrogens is 2. The van der Waals surface area contributed by atoms with E-state index in [4.69, 9.17) is 24.2 Å². The lowest BCUT2D eigenvalue weighted by atomic mass is 10.2. The third-order valence-electron chi connectivity index (χ3n) is 6.42. The van der Waals surface area contributed by atoms with Crippen molar-refractivity contribution in [2.75, 3.05) is 57.1 Å². The molecule has 2 aromatic heterocycles. The highest BCUT2D eigenvalue weighted by Crippen LogP contribution is 2.31. The predicted molar refractivity (Wildman–Crippen MR) is 150 cm³/mol. The van der Waals surface area contributed by atoms with Crippen LogP contribution >= 0.6 is 11.3 Å². The normalized spacial score (nSPS) is 18.5. The minimum atomic E-state index is -0.510. The zero-order valence-electron chi connectivity index (χ0n) is 22.5. The third kappa shape index (κ3) is 6.83. The van der Waals surface area contributed by atoms with Crippen molar-refractivity contribution in [1.82, 2.24) is 19.8 Å². The van der Waals surface area contributed by atoms with E-state index in [0.29, 0.717) is 13.1 Å². The van der Waals surface area contributed by atoms with E-state index in [9.17, 15) is 4.79 Å². The monoisotopic (exact) mass is 540 g/mol. The number of amides is 1. The van der Waals surface area contributed by atoms with Gasteiger partial charge in [0.15, 0.2) is 5.13 Å². The molecule has 5 rings (SSSR count). The molecule has 38 heavy (non-hydrogen) atoms. The number of carbonyl (C=O) groups excluding carboxylic acids is 1. The number of nitrogens with one attached hydrogen (secondary N) is 2. The standard InChI is InChI=1S/C27H36N6O4S/c1-27(2,3)37-26(34)33-8-7-19(17-33)28-23-13-18(16-32-9-11-36-12-10-32)14-24(30-23)31-25-29-21-6-5-20(35-4)15-22(21)38-25/h5-6,13-15,19H,7-12,16-17H2,1-4H3,(H2,28,29,30,31)/t19-/m0/s1. The van der Waals surface area contributed by atoms with Gasteiger partial charge in [-0.15, -0.1) is 0 Å². The number of morpholine rings is 1. The Labute approximate surface area is 227 Å². The first-order chi connectivity index (χ1) is 18.2. The number of pyridine rings is 1. The molecule has 0 unspecified atom stereocenters. The van der Waals surface area contributed by atoms with Gasteiger partial charge in [-0.3, -0.25) is 4.90 Å². The molecule has 2 aliphatic rings. The summed E-state index contributed by atoms with van der Waals surface area (Å²) in [5.74, 6) is 2.31. The molecule has 2 fully saturated rings. The first-order valence-corrected chi connectivity index (χ1v) is 13.8. The molecule has 2 aliphatic heterocycles. The number of rotatable bonds is 7. The lowest BCUT2D eigenvalue weighted by molar-refractivity contribution is 0.0293. The quantitative estimate of drug-likeness (QED) is 0.442. The van der Waals surface area contributed by atoms with Crippen molar-refractivity contribution in [3.63, 3.8) is 0 Å². The van der Waals surface area contributed by atoms with Gasteiger partial charge in [0.2, 0.25) is 0 Å². The SMILES string of the molecule is COc1ccc2nc(Nc3cc(CN4CCOCC4)cc(N[C@H]4CCN(C(=O)OC(C)(C)C)C4)n3)sc2c1. The van der Waals surface area contributed by atoms with Gasteiger partial charge in [-0.25, -0.2) is 14.8 Å². The Morgan fingerprint density at radius 1 is 1.13 bits per heavy atom. The van der Waals surface area contributed by atoms with Gasteiger partial charge in [-0.1, -0.05) is 11.3 Å². The average Bonchev–Trinajstić information content (AvgIpc) is 3.49. The summed E-state index contributed by atoms with van der Waals surface area (Å²) >= 11 is 1.56. The van der Waals surface area contributed by atoms with Gasteiger partial charge in [0.05, 0.1) is 30.5 Å². The molecule has 0 radical (unpaired) electrons. The van der Waals surface area contributed by atoms with Crippen LogP contribution < -0.4 is 15.4 Å². The van der Waals surface area contributed by atoms with Crippen molar-refractivity contribution in [3.8, 4) is 5.75 Å². The minimum Gasteiger partial charge on any atom is -0.497 e. The summed E-state index contributed by atoms with van der Waals surface area (Å²) in [6.07, 6.45) is 0.558. The molecule has 3 aromatic rings. The number of hydrogen-bond donors (Lipinski definition) is 2. The second-order valence-electron chi connectivity index (χ2n) is 10.7. The van der Waals surface area contributed by atoms with Gasteiger partial charge in [-0.2, -0.15) is 0 Å². The smallest absolute Gasteiger partial charge is 0.410 e. The Kier molecular flexibility index (Phi) is 7.87. The summed E-state index contributed by atoms with van der Waals surface area (Å²) in [6.45, 7) is 11.0. The zero-order chi connectivity index (χ0) is 26.7. The van der Waals surface area contributed by atoms with Crippen molar-refractivity contribution in [2.45, 2.75) is 45.4 Å². The van der Waals surface area contributed by atoms with Crippen LogP contribution in [0.15, 0.2) is 30.3 Å². The number of thiazole rings is 1. The summed E-state index contributed by atoms with van der Waals surface area (Å²) in [5.41, 5.74) is 1.55. The van der Waals surface area contributed by atoms with E-state index in [0.717, 1.165) is 77.6 Å². The molecular formula is C27H36N6O4S. The highest BCUT2D eigenvalue weighted by Gasteiger charge is 2.30. The molecular weight excluding hydrogens is 504 g/mol. The largest absolute Gasteiger partial charge is 0.497 e. The second kappa shape index (κ2) is 11.3. The van der Waals surface area contributed by atoms with Crippen LogP contribution in [0.2, 0.25) is 0 Å². The fourth-order valence-corrected chi connectivity index (χ4v) is 5.51. The van der Waals surface area contributed by atoms with Crippen LogP contribution in [0.3, 0.4) is 0 Å². The molecule has 1 amide bonds. The van der Waals surface area contributed by atoms with Crippen LogP contribution in [0.25, 0.3) is 10.2 Å². The molecule has 4 heterocycles. The van der Waals surface area contributed by atoms with Crippen LogP contribution in [0.5, 0.6) is 5.75 Å². The van der Waals surface area contributed by atoms with E-state index < -0.39 is 5.60 Å². The van der Waals surface area contributed by atoms with Gasteiger partial charge < -0.3 is 29.7 Å². The van der Waals surface area contributed by atoms with Crippen LogP contribution in [0.4, 0.5) is 21.6 Å². The molecule has 0 saturated carbocycles. The first-order valence-electron chi connectivity index (χ1n) is 13.0. The van der Waals surface area contributed by atoms with E-state index in [-0.39, 0.29) is 12.1 Å². The van der Waals surface area contributed by atoms with Crippen molar-refractivity contribution < 1.29 is 19.0 Å². The molecule has 2 saturated heterocycles. The van der Waals surface area contributed by atoms with Gasteiger partial charge >= 0.3 is 6.09 Å². The molecule has 2 N–H and O–H groups in total. The number of benzene rings is 1. The highest BCUT2D eigenvalue weighted by molar-refractivity contribution is 7.22. The van der Waals surface area contributed by atoms with Crippen molar-refractivity contribution in [3.05, 3.63) is 35.9 Å². The Morgan fingerprint density at radius 2 is 1.92 bits per heavy atom. The summed E-state index contributed by atoms with van der Waals surface area (Å²) in [4.78, 5) is 26.3. The lowest BCUT2D eigenvalue weighted by Gasteiger charge is -2.27. The van der Waals surface area contributed by atoms with Gasteiger partial charge in [0, 0.05) is 38.8 Å². The Balaban J connectivity index is 1.33. The number of hydrogen-bond acceptors (Lipinski definition) is 10. The van der Waals surface area contributed by atoms with Gasteiger partial charge in [-0.05, 0) is 63.1 Å². The van der Waals surface area contributed by atoms with Crippen LogP contribution in [0.1, 0.15) is 32.8 Å².